The molecule has 5 N–H and O–H groups in total. The van der Waals surface area contributed by atoms with Gasteiger partial charge in [-0.05, 0) is 91.2 Å². The molecule has 0 saturated carbocycles. The van der Waals surface area contributed by atoms with Gasteiger partial charge in [0, 0.05) is 31.2 Å². The first-order valence-corrected chi connectivity index (χ1v) is 15.0. The lowest BCUT2D eigenvalue weighted by atomic mass is 9.88. The van der Waals surface area contributed by atoms with Crippen molar-refractivity contribution < 1.29 is 40.7 Å². The second kappa shape index (κ2) is 13.7. The smallest absolute Gasteiger partial charge is 0.475 e. The standard InChI is InChI=1S/C26H33FN4O3S.C2HF3O2/c1-3-7-29-15-17-10-19(12-21(27)11-17)20-13-22-24(16-30-25(22)23(14-20)26(28)32)18-5-8-31(9-6-18)35(33,34)4-2;3-2(4,5)1(6)7/h10-14,16,18,29-30H,3-9,15H2,1-2H3,(H2,28,32);(H,6,7). The number of sulfonamides is 1. The quantitative estimate of drug-likeness (QED) is 0.203. The van der Waals surface area contributed by atoms with Gasteiger partial charge in [0.05, 0.1) is 16.8 Å². The summed E-state index contributed by atoms with van der Waals surface area (Å²) in [5, 5.41) is 11.3. The van der Waals surface area contributed by atoms with Crippen LogP contribution in [0.2, 0.25) is 0 Å². The SMILES string of the molecule is CCCNCc1cc(F)cc(-c2cc(C(N)=O)c3[nH]cc(C4CCN(S(=O)(=O)CC)CC4)c3c2)c1.O=C(O)C(F)(F)F. The molecule has 1 fully saturated rings. The number of H-pyrrole nitrogens is 1. The van der Waals surface area contributed by atoms with Gasteiger partial charge in [-0.15, -0.1) is 0 Å². The van der Waals surface area contributed by atoms with Crippen LogP contribution in [0.4, 0.5) is 17.6 Å². The summed E-state index contributed by atoms with van der Waals surface area (Å²) in [5.41, 5.74) is 9.98. The molecule has 4 rings (SSSR count). The predicted octanol–water partition coefficient (Wildman–Crippen LogP) is 4.73. The van der Waals surface area contributed by atoms with Gasteiger partial charge in [-0.3, -0.25) is 4.79 Å². The van der Waals surface area contributed by atoms with Crippen molar-refractivity contribution in [2.45, 2.75) is 51.7 Å². The van der Waals surface area contributed by atoms with Crippen LogP contribution in [0.15, 0.2) is 36.5 Å². The van der Waals surface area contributed by atoms with E-state index in [2.05, 4.69) is 17.2 Å². The first kappa shape index (κ1) is 33.0. The van der Waals surface area contributed by atoms with Gasteiger partial charge < -0.3 is 21.1 Å². The summed E-state index contributed by atoms with van der Waals surface area (Å²) in [6.45, 7) is 6.06. The number of aliphatic carboxylic acids is 1. The normalized spacial score (nSPS) is 14.9. The molecule has 0 bridgehead atoms. The minimum absolute atomic E-state index is 0.0969. The van der Waals surface area contributed by atoms with E-state index in [1.807, 2.05) is 18.3 Å². The fourth-order valence-corrected chi connectivity index (χ4v) is 6.04. The van der Waals surface area contributed by atoms with Crippen molar-refractivity contribution in [2.75, 3.05) is 25.4 Å². The maximum atomic E-state index is 14.5. The molecular formula is C28H34F4N4O5S. The molecule has 9 nitrogen and oxygen atoms in total. The van der Waals surface area contributed by atoms with Crippen LogP contribution in [-0.2, 0) is 21.4 Å². The average molecular weight is 615 g/mol. The Morgan fingerprint density at radius 2 is 1.71 bits per heavy atom. The lowest BCUT2D eigenvalue weighted by molar-refractivity contribution is -0.192. The van der Waals surface area contributed by atoms with Gasteiger partial charge in [-0.25, -0.2) is 21.9 Å². The van der Waals surface area contributed by atoms with Crippen LogP contribution >= 0.6 is 0 Å². The number of carbonyl (C=O) groups is 2. The highest BCUT2D eigenvalue weighted by Crippen LogP contribution is 2.37. The Morgan fingerprint density at radius 1 is 1.10 bits per heavy atom. The molecule has 0 atom stereocenters. The molecule has 3 aromatic rings. The molecule has 1 saturated heterocycles. The zero-order valence-electron chi connectivity index (χ0n) is 23.2. The number of rotatable bonds is 9. The van der Waals surface area contributed by atoms with Crippen molar-refractivity contribution >= 4 is 32.8 Å². The Balaban J connectivity index is 0.000000616. The molecule has 230 valence electrons. The fourth-order valence-electron chi connectivity index (χ4n) is 4.91. The summed E-state index contributed by atoms with van der Waals surface area (Å²) in [7, 11) is -3.21. The second-order valence-electron chi connectivity index (χ2n) is 9.96. The number of hydrogen-bond acceptors (Lipinski definition) is 5. The van der Waals surface area contributed by atoms with Crippen LogP contribution in [0, 0.1) is 5.82 Å². The summed E-state index contributed by atoms with van der Waals surface area (Å²) in [4.78, 5) is 24.4. The van der Waals surface area contributed by atoms with Crippen LogP contribution in [0.25, 0.3) is 22.0 Å². The number of halogens is 4. The highest BCUT2D eigenvalue weighted by atomic mass is 32.2. The number of carboxylic acids is 1. The van der Waals surface area contributed by atoms with Crippen molar-refractivity contribution in [2.24, 2.45) is 5.73 Å². The molecule has 0 unspecified atom stereocenters. The minimum atomic E-state index is -5.08. The zero-order chi connectivity index (χ0) is 31.2. The maximum Gasteiger partial charge on any atom is 0.490 e. The summed E-state index contributed by atoms with van der Waals surface area (Å²) >= 11 is 0. The number of carboxylic acid groups (broad SMARTS) is 1. The van der Waals surface area contributed by atoms with Crippen LogP contribution in [0.3, 0.4) is 0 Å². The predicted molar refractivity (Wildman–Crippen MR) is 151 cm³/mol. The Hall–Kier alpha value is -3.49. The fraction of sp³-hybridized carbons (Fsp3) is 0.429. The molecule has 42 heavy (non-hydrogen) atoms. The van der Waals surface area contributed by atoms with E-state index < -0.39 is 28.1 Å². The Bertz CT molecular complexity index is 1530. The van der Waals surface area contributed by atoms with E-state index in [1.54, 1.807) is 17.3 Å². The van der Waals surface area contributed by atoms with Gasteiger partial charge in [0.25, 0.3) is 5.91 Å². The lowest BCUT2D eigenvalue weighted by Gasteiger charge is -2.31. The number of amides is 1. The number of carbonyl (C=O) groups excluding carboxylic acids is 1. The molecule has 1 aliphatic rings. The van der Waals surface area contributed by atoms with Gasteiger partial charge in [0.2, 0.25) is 10.0 Å². The van der Waals surface area contributed by atoms with Gasteiger partial charge in [-0.1, -0.05) is 6.92 Å². The van der Waals surface area contributed by atoms with Gasteiger partial charge >= 0.3 is 12.1 Å². The first-order valence-electron chi connectivity index (χ1n) is 13.4. The summed E-state index contributed by atoms with van der Waals surface area (Å²) < 4.78 is 72.3. The molecule has 0 spiro atoms. The van der Waals surface area contributed by atoms with Crippen LogP contribution in [0.1, 0.15) is 60.5 Å². The second-order valence-corrected chi connectivity index (χ2v) is 12.2. The molecule has 0 radical (unpaired) electrons. The third-order valence-corrected chi connectivity index (χ3v) is 8.91. The maximum absolute atomic E-state index is 14.5. The molecular weight excluding hydrogens is 580 g/mol. The number of nitrogens with two attached hydrogens (primary N) is 1. The number of piperidine rings is 1. The summed E-state index contributed by atoms with van der Waals surface area (Å²) in [5.74, 6) is -3.41. The number of hydrogen-bond donors (Lipinski definition) is 4. The number of aromatic nitrogens is 1. The number of aromatic amines is 1. The number of alkyl halides is 3. The van der Waals surface area contributed by atoms with Crippen molar-refractivity contribution in [1.29, 1.82) is 0 Å². The van der Waals surface area contributed by atoms with E-state index in [9.17, 15) is 30.8 Å². The topological polar surface area (TPSA) is 146 Å². The average Bonchev–Trinajstić information content (AvgIpc) is 3.36. The molecule has 1 aliphatic heterocycles. The van der Waals surface area contributed by atoms with Crippen molar-refractivity contribution in [1.82, 2.24) is 14.6 Å². The van der Waals surface area contributed by atoms with Gasteiger partial charge in [-0.2, -0.15) is 13.2 Å². The number of nitrogens with zero attached hydrogens (tertiary/aromatic N) is 1. The van der Waals surface area contributed by atoms with Crippen LogP contribution in [-0.4, -0.2) is 66.3 Å². The third kappa shape index (κ3) is 8.07. The number of primary amides is 1. The summed E-state index contributed by atoms with van der Waals surface area (Å²) in [6, 6.07) is 8.59. The number of fused-ring (bicyclic) bond motifs is 1. The van der Waals surface area contributed by atoms with Crippen LogP contribution < -0.4 is 11.1 Å². The Labute approximate surface area is 241 Å². The van der Waals surface area contributed by atoms with E-state index in [-0.39, 0.29) is 17.5 Å². The number of nitrogens with one attached hydrogen (secondary N) is 2. The molecule has 0 aliphatic carbocycles. The van der Waals surface area contributed by atoms with E-state index in [4.69, 9.17) is 15.6 Å². The zero-order valence-corrected chi connectivity index (χ0v) is 24.0. The first-order chi connectivity index (χ1) is 19.7. The monoisotopic (exact) mass is 614 g/mol. The van der Waals surface area contributed by atoms with Gasteiger partial charge in [0.15, 0.2) is 0 Å². The van der Waals surface area contributed by atoms with Crippen molar-refractivity contribution in [3.8, 4) is 11.1 Å². The highest BCUT2D eigenvalue weighted by molar-refractivity contribution is 7.89. The van der Waals surface area contributed by atoms with Gasteiger partial charge in [0.1, 0.15) is 5.82 Å². The minimum Gasteiger partial charge on any atom is -0.475 e. The van der Waals surface area contributed by atoms with E-state index in [0.717, 1.165) is 35.0 Å². The van der Waals surface area contributed by atoms with E-state index >= 15 is 0 Å². The van der Waals surface area contributed by atoms with Crippen LogP contribution in [0.5, 0.6) is 0 Å². The molecule has 1 amide bonds. The number of benzene rings is 2. The Kier molecular flexibility index (Phi) is 10.7. The highest BCUT2D eigenvalue weighted by Gasteiger charge is 2.38. The van der Waals surface area contributed by atoms with E-state index in [0.29, 0.717) is 49.1 Å². The molecule has 2 aromatic carbocycles. The lowest BCUT2D eigenvalue weighted by Crippen LogP contribution is -2.38. The Morgan fingerprint density at radius 3 is 2.26 bits per heavy atom. The third-order valence-electron chi connectivity index (χ3n) is 7.03. The summed E-state index contributed by atoms with van der Waals surface area (Å²) in [6.07, 6.45) is -0.827. The van der Waals surface area contributed by atoms with Crippen molar-refractivity contribution in [3.63, 3.8) is 0 Å². The molecule has 2 heterocycles. The molecule has 14 heteroatoms. The largest absolute Gasteiger partial charge is 0.490 e. The molecule has 1 aromatic heterocycles. The van der Waals surface area contributed by atoms with Crippen molar-refractivity contribution in [3.05, 3.63) is 59.0 Å². The van der Waals surface area contributed by atoms with E-state index in [1.165, 1.54) is 12.1 Å².